The maximum absolute atomic E-state index is 13.1. The number of carbonyl (C=O) groups excluding carboxylic acids is 2. The molecule has 2 aromatic carbocycles. The molecule has 0 aliphatic carbocycles. The summed E-state index contributed by atoms with van der Waals surface area (Å²) in [6.07, 6.45) is 3.29. The Labute approximate surface area is 197 Å². The van der Waals surface area contributed by atoms with Crippen molar-refractivity contribution >= 4 is 29.1 Å². The Balaban J connectivity index is 1.79. The number of aliphatic hydroxyl groups is 1. The third-order valence-electron chi connectivity index (χ3n) is 5.30. The maximum atomic E-state index is 13.1. The highest BCUT2D eigenvalue weighted by atomic mass is 35.5. The number of benzene rings is 2. The Kier molecular flexibility index (Phi) is 6.47. The number of ketones is 1. The quantitative estimate of drug-likeness (QED) is 0.311. The summed E-state index contributed by atoms with van der Waals surface area (Å²) in [6.45, 7) is 4.01. The lowest BCUT2D eigenvalue weighted by molar-refractivity contribution is -0.140. The van der Waals surface area contributed by atoms with E-state index < -0.39 is 17.7 Å². The van der Waals surface area contributed by atoms with Gasteiger partial charge < -0.3 is 14.7 Å². The van der Waals surface area contributed by atoms with Crippen LogP contribution in [0.4, 0.5) is 0 Å². The molecule has 0 radical (unpaired) electrons. The van der Waals surface area contributed by atoms with E-state index in [1.165, 1.54) is 4.90 Å². The monoisotopic (exact) mass is 462 g/mol. The van der Waals surface area contributed by atoms with Crippen LogP contribution in [0.25, 0.3) is 5.76 Å². The minimum Gasteiger partial charge on any atom is -0.507 e. The molecule has 6 nitrogen and oxygen atoms in total. The number of halogens is 1. The molecule has 168 valence electrons. The molecule has 7 heteroatoms. The lowest BCUT2D eigenvalue weighted by Crippen LogP contribution is -2.29. The fourth-order valence-corrected chi connectivity index (χ4v) is 3.97. The number of likely N-dealkylation sites (tertiary alicyclic amines) is 1. The molecular weight excluding hydrogens is 440 g/mol. The predicted molar refractivity (Wildman–Crippen MR) is 126 cm³/mol. The highest BCUT2D eigenvalue weighted by Crippen LogP contribution is 2.40. The van der Waals surface area contributed by atoms with Gasteiger partial charge in [0.05, 0.1) is 17.7 Å². The van der Waals surface area contributed by atoms with Crippen LogP contribution in [0.5, 0.6) is 5.75 Å². The van der Waals surface area contributed by atoms with Crippen LogP contribution in [0.1, 0.15) is 36.6 Å². The first-order valence-corrected chi connectivity index (χ1v) is 10.9. The Hall–Kier alpha value is -3.64. The van der Waals surface area contributed by atoms with E-state index in [0.717, 1.165) is 5.56 Å². The third-order valence-corrected chi connectivity index (χ3v) is 5.55. The van der Waals surface area contributed by atoms with Crippen molar-refractivity contribution in [3.8, 4) is 5.75 Å². The van der Waals surface area contributed by atoms with E-state index >= 15 is 0 Å². The maximum Gasteiger partial charge on any atom is 0.295 e. The number of aliphatic hydroxyl groups excluding tert-OH is 1. The van der Waals surface area contributed by atoms with Crippen LogP contribution in [0.3, 0.4) is 0 Å². The minimum atomic E-state index is -0.769. The van der Waals surface area contributed by atoms with Crippen molar-refractivity contribution in [1.82, 2.24) is 9.88 Å². The lowest BCUT2D eigenvalue weighted by atomic mass is 9.95. The second-order valence-corrected chi connectivity index (χ2v) is 8.47. The summed E-state index contributed by atoms with van der Waals surface area (Å²) in [4.78, 5) is 31.7. The number of aromatic nitrogens is 1. The van der Waals surface area contributed by atoms with E-state index in [1.54, 1.807) is 67.0 Å². The average molecular weight is 463 g/mol. The Bertz CT molecular complexity index is 1190. The number of pyridine rings is 1. The fraction of sp³-hybridized carbons (Fsp3) is 0.192. The molecule has 1 aromatic heterocycles. The van der Waals surface area contributed by atoms with Crippen molar-refractivity contribution in [2.75, 3.05) is 0 Å². The van der Waals surface area contributed by atoms with Gasteiger partial charge in [-0.1, -0.05) is 29.8 Å². The Morgan fingerprint density at radius 1 is 1.09 bits per heavy atom. The van der Waals surface area contributed by atoms with Gasteiger partial charge >= 0.3 is 0 Å². The molecule has 1 N–H and O–H groups in total. The molecule has 1 aliphatic heterocycles. The number of amides is 1. The number of ether oxygens (including phenoxy) is 1. The standard InChI is InChI=1S/C26H23ClN2O4/c1-16(2)33-21-11-7-19(8-12-21)24(30)22-23(18-5-9-20(27)10-6-18)29(26(32)25(22)31)15-17-4-3-13-28-14-17/h3-14,16,23,30H,15H2,1-2H3/t23-/m1/s1. The van der Waals surface area contributed by atoms with E-state index in [9.17, 15) is 14.7 Å². The van der Waals surface area contributed by atoms with E-state index in [1.807, 2.05) is 19.9 Å². The van der Waals surface area contributed by atoms with Gasteiger partial charge in [-0.2, -0.15) is 0 Å². The molecule has 1 aliphatic rings. The number of carbonyl (C=O) groups is 2. The van der Waals surface area contributed by atoms with Crippen molar-refractivity contribution in [3.05, 3.63) is 100 Å². The van der Waals surface area contributed by atoms with E-state index in [-0.39, 0.29) is 24.0 Å². The number of rotatable bonds is 6. The van der Waals surface area contributed by atoms with Crippen LogP contribution in [0.2, 0.25) is 5.02 Å². The number of hydrogen-bond acceptors (Lipinski definition) is 5. The summed E-state index contributed by atoms with van der Waals surface area (Å²) in [7, 11) is 0. The van der Waals surface area contributed by atoms with Crippen LogP contribution in [0.15, 0.2) is 78.6 Å². The molecule has 33 heavy (non-hydrogen) atoms. The van der Waals surface area contributed by atoms with E-state index in [4.69, 9.17) is 16.3 Å². The van der Waals surface area contributed by atoms with Gasteiger partial charge in [0.25, 0.3) is 11.7 Å². The number of nitrogens with zero attached hydrogens (tertiary/aromatic N) is 2. The first kappa shape index (κ1) is 22.6. The molecule has 0 spiro atoms. The summed E-state index contributed by atoms with van der Waals surface area (Å²) < 4.78 is 5.65. The first-order chi connectivity index (χ1) is 15.8. The number of Topliss-reactive ketones (excluding diaryl/α,β-unsaturated/α-hetero) is 1. The zero-order valence-electron chi connectivity index (χ0n) is 18.2. The Morgan fingerprint density at radius 2 is 1.79 bits per heavy atom. The fourth-order valence-electron chi connectivity index (χ4n) is 3.84. The predicted octanol–water partition coefficient (Wildman–Crippen LogP) is 5.14. The lowest BCUT2D eigenvalue weighted by Gasteiger charge is -2.25. The average Bonchev–Trinajstić information content (AvgIpc) is 3.05. The largest absolute Gasteiger partial charge is 0.507 e. The number of hydrogen-bond donors (Lipinski definition) is 1. The molecule has 4 rings (SSSR count). The van der Waals surface area contributed by atoms with Gasteiger partial charge in [-0.25, -0.2) is 0 Å². The molecule has 1 amide bonds. The molecule has 0 unspecified atom stereocenters. The SMILES string of the molecule is CC(C)Oc1ccc(C(O)=C2C(=O)C(=O)N(Cc3cccnc3)[C@@H]2c2ccc(Cl)cc2)cc1. The van der Waals surface area contributed by atoms with Crippen LogP contribution >= 0.6 is 11.6 Å². The van der Waals surface area contributed by atoms with Crippen molar-refractivity contribution in [1.29, 1.82) is 0 Å². The molecule has 1 saturated heterocycles. The van der Waals surface area contributed by atoms with Crippen LogP contribution < -0.4 is 4.74 Å². The third kappa shape index (κ3) is 4.76. The molecule has 3 aromatic rings. The molecule has 0 saturated carbocycles. The van der Waals surface area contributed by atoms with Crippen LogP contribution in [0, 0.1) is 0 Å². The van der Waals surface area contributed by atoms with Crippen LogP contribution in [-0.4, -0.2) is 32.8 Å². The summed E-state index contributed by atoms with van der Waals surface area (Å²) in [5.41, 5.74) is 1.89. The normalized spacial score (nSPS) is 17.6. The van der Waals surface area contributed by atoms with Crippen molar-refractivity contribution in [2.24, 2.45) is 0 Å². The van der Waals surface area contributed by atoms with Gasteiger partial charge in [0.2, 0.25) is 0 Å². The highest BCUT2D eigenvalue weighted by molar-refractivity contribution is 6.46. The summed E-state index contributed by atoms with van der Waals surface area (Å²) in [5, 5.41) is 11.7. The summed E-state index contributed by atoms with van der Waals surface area (Å²) in [6, 6.07) is 16.5. The summed E-state index contributed by atoms with van der Waals surface area (Å²) >= 11 is 6.06. The van der Waals surface area contributed by atoms with Gasteiger partial charge in [-0.3, -0.25) is 14.6 Å². The van der Waals surface area contributed by atoms with E-state index in [2.05, 4.69) is 4.98 Å². The molecule has 1 fully saturated rings. The molecule has 0 bridgehead atoms. The smallest absolute Gasteiger partial charge is 0.295 e. The second kappa shape index (κ2) is 9.46. The van der Waals surface area contributed by atoms with Gasteiger partial charge in [0, 0.05) is 29.5 Å². The summed E-state index contributed by atoms with van der Waals surface area (Å²) in [5.74, 6) is -1.01. The minimum absolute atomic E-state index is 0.00662. The van der Waals surface area contributed by atoms with Gasteiger partial charge in [-0.15, -0.1) is 0 Å². The molecular formula is C26H23ClN2O4. The van der Waals surface area contributed by atoms with Crippen molar-refractivity contribution < 1.29 is 19.4 Å². The van der Waals surface area contributed by atoms with Gasteiger partial charge in [-0.05, 0) is 67.4 Å². The second-order valence-electron chi connectivity index (χ2n) is 8.03. The van der Waals surface area contributed by atoms with Crippen molar-refractivity contribution in [2.45, 2.75) is 32.5 Å². The van der Waals surface area contributed by atoms with Gasteiger partial charge in [0.1, 0.15) is 11.5 Å². The molecule has 1 atom stereocenters. The Morgan fingerprint density at radius 3 is 2.39 bits per heavy atom. The first-order valence-electron chi connectivity index (χ1n) is 10.5. The van der Waals surface area contributed by atoms with Crippen LogP contribution in [-0.2, 0) is 16.1 Å². The zero-order chi connectivity index (χ0) is 23.5. The zero-order valence-corrected chi connectivity index (χ0v) is 19.0. The molecule has 2 heterocycles. The highest BCUT2D eigenvalue weighted by Gasteiger charge is 2.46. The van der Waals surface area contributed by atoms with Gasteiger partial charge in [0.15, 0.2) is 0 Å². The van der Waals surface area contributed by atoms with E-state index in [0.29, 0.717) is 21.9 Å². The topological polar surface area (TPSA) is 79.7 Å². The van der Waals surface area contributed by atoms with Crippen molar-refractivity contribution in [3.63, 3.8) is 0 Å².